The molecule has 0 atom stereocenters. The first kappa shape index (κ1) is 15.0. The highest BCUT2D eigenvalue weighted by molar-refractivity contribution is 5.59. The Morgan fingerprint density at radius 3 is 2.68 bits per heavy atom. The maximum absolute atomic E-state index is 4.60. The first-order chi connectivity index (χ1) is 10.5. The van der Waals surface area contributed by atoms with Crippen LogP contribution in [0.4, 0.5) is 11.5 Å². The van der Waals surface area contributed by atoms with Crippen LogP contribution in [0, 0.1) is 5.92 Å². The second-order valence-electron chi connectivity index (χ2n) is 6.87. The minimum atomic E-state index is 0.327. The average molecular weight is 299 g/mol. The van der Waals surface area contributed by atoms with Crippen LogP contribution in [0.2, 0.25) is 0 Å². The van der Waals surface area contributed by atoms with Crippen molar-refractivity contribution in [2.24, 2.45) is 5.92 Å². The van der Waals surface area contributed by atoms with Crippen molar-refractivity contribution in [3.8, 4) is 0 Å². The number of nitrogens with zero attached hydrogens (tertiary/aromatic N) is 4. The number of hydrogen-bond acceptors (Lipinski definition) is 4. The fourth-order valence-electron chi connectivity index (χ4n) is 2.63. The Labute approximate surface area is 132 Å². The lowest BCUT2D eigenvalue weighted by molar-refractivity contribution is 0.469. The van der Waals surface area contributed by atoms with Crippen molar-refractivity contribution in [1.29, 1.82) is 0 Å². The molecule has 1 aliphatic carbocycles. The number of anilines is 2. The smallest absolute Gasteiger partial charge is 0.134 e. The molecule has 0 bridgehead atoms. The van der Waals surface area contributed by atoms with Crippen LogP contribution < -0.4 is 5.32 Å². The van der Waals surface area contributed by atoms with Gasteiger partial charge >= 0.3 is 0 Å². The molecule has 118 valence electrons. The molecule has 1 aliphatic rings. The van der Waals surface area contributed by atoms with Gasteiger partial charge in [-0.05, 0) is 24.8 Å². The summed E-state index contributed by atoms with van der Waals surface area (Å²) < 4.78 is 2.16. The van der Waals surface area contributed by atoms with E-state index in [1.54, 1.807) is 0 Å². The van der Waals surface area contributed by atoms with E-state index in [0.717, 1.165) is 23.9 Å². The van der Waals surface area contributed by atoms with Gasteiger partial charge in [0.15, 0.2) is 0 Å². The Morgan fingerprint density at radius 2 is 2.05 bits per heavy atom. The molecule has 0 saturated heterocycles. The van der Waals surface area contributed by atoms with Gasteiger partial charge in [0.2, 0.25) is 0 Å². The van der Waals surface area contributed by atoms with Crippen molar-refractivity contribution in [3.05, 3.63) is 30.0 Å². The van der Waals surface area contributed by atoms with Crippen LogP contribution >= 0.6 is 0 Å². The third-order valence-electron chi connectivity index (χ3n) is 3.84. The highest BCUT2D eigenvalue weighted by Gasteiger charge is 2.30. The van der Waals surface area contributed by atoms with Crippen molar-refractivity contribution in [1.82, 2.24) is 19.7 Å². The molecule has 2 heterocycles. The van der Waals surface area contributed by atoms with E-state index in [2.05, 4.69) is 52.8 Å². The van der Waals surface area contributed by atoms with Gasteiger partial charge in [-0.2, -0.15) is 5.10 Å². The monoisotopic (exact) mass is 299 g/mol. The standard InChI is InChI=1S/C17H25N5/c1-11(2)10-22-16(13-5-6-13)14(9-19-22)20-15-7-8-18-17(21-15)12(3)4/h7-9,11-13H,5-6,10H2,1-4H3,(H,18,20,21). The summed E-state index contributed by atoms with van der Waals surface area (Å²) >= 11 is 0. The second kappa shape index (κ2) is 6.07. The van der Waals surface area contributed by atoms with Crippen LogP contribution in [-0.4, -0.2) is 19.7 Å². The van der Waals surface area contributed by atoms with Gasteiger partial charge in [-0.1, -0.05) is 27.7 Å². The lowest BCUT2D eigenvalue weighted by Crippen LogP contribution is -2.10. The summed E-state index contributed by atoms with van der Waals surface area (Å²) in [6, 6.07) is 1.92. The summed E-state index contributed by atoms with van der Waals surface area (Å²) in [5.41, 5.74) is 2.43. The number of nitrogens with one attached hydrogen (secondary N) is 1. The highest BCUT2D eigenvalue weighted by Crippen LogP contribution is 2.44. The molecule has 5 heteroatoms. The third kappa shape index (κ3) is 3.29. The van der Waals surface area contributed by atoms with Gasteiger partial charge in [0.05, 0.1) is 17.6 Å². The average Bonchev–Trinajstić information content (AvgIpc) is 3.23. The van der Waals surface area contributed by atoms with E-state index in [-0.39, 0.29) is 0 Å². The molecule has 2 aromatic rings. The minimum absolute atomic E-state index is 0.327. The molecule has 0 amide bonds. The Hall–Kier alpha value is -1.91. The molecule has 0 spiro atoms. The maximum atomic E-state index is 4.60. The predicted molar refractivity (Wildman–Crippen MR) is 88.4 cm³/mol. The lowest BCUT2D eigenvalue weighted by Gasteiger charge is -2.12. The molecule has 2 aromatic heterocycles. The molecule has 3 rings (SSSR count). The zero-order chi connectivity index (χ0) is 15.7. The van der Waals surface area contributed by atoms with Crippen molar-refractivity contribution in [2.45, 2.75) is 58.9 Å². The van der Waals surface area contributed by atoms with Crippen molar-refractivity contribution < 1.29 is 0 Å². The third-order valence-corrected chi connectivity index (χ3v) is 3.84. The van der Waals surface area contributed by atoms with Gasteiger partial charge in [-0.3, -0.25) is 4.68 Å². The van der Waals surface area contributed by atoms with Crippen LogP contribution in [0.25, 0.3) is 0 Å². The SMILES string of the molecule is CC(C)Cn1ncc(Nc2ccnc(C(C)C)n2)c1C1CC1. The van der Waals surface area contributed by atoms with Gasteiger partial charge in [0, 0.05) is 24.6 Å². The normalized spacial score (nSPS) is 14.8. The van der Waals surface area contributed by atoms with Crippen molar-refractivity contribution in [2.75, 3.05) is 5.32 Å². The molecule has 0 aliphatic heterocycles. The zero-order valence-corrected chi connectivity index (χ0v) is 13.9. The predicted octanol–water partition coefficient (Wildman–Crippen LogP) is 4.07. The van der Waals surface area contributed by atoms with Crippen LogP contribution in [0.1, 0.15) is 63.9 Å². The summed E-state index contributed by atoms with van der Waals surface area (Å²) in [6.07, 6.45) is 6.28. The number of rotatable bonds is 6. The summed E-state index contributed by atoms with van der Waals surface area (Å²) in [6.45, 7) is 9.63. The van der Waals surface area contributed by atoms with Crippen LogP contribution in [0.5, 0.6) is 0 Å². The van der Waals surface area contributed by atoms with Crippen molar-refractivity contribution >= 4 is 11.5 Å². The molecule has 1 fully saturated rings. The molecule has 22 heavy (non-hydrogen) atoms. The van der Waals surface area contributed by atoms with Gasteiger partial charge in [-0.15, -0.1) is 0 Å². The first-order valence-corrected chi connectivity index (χ1v) is 8.20. The molecule has 0 radical (unpaired) electrons. The number of aromatic nitrogens is 4. The van der Waals surface area contributed by atoms with Gasteiger partial charge in [-0.25, -0.2) is 9.97 Å². The van der Waals surface area contributed by atoms with E-state index in [1.807, 2.05) is 18.5 Å². The topological polar surface area (TPSA) is 55.6 Å². The van der Waals surface area contributed by atoms with E-state index in [4.69, 9.17) is 0 Å². The van der Waals surface area contributed by atoms with Crippen LogP contribution in [0.3, 0.4) is 0 Å². The highest BCUT2D eigenvalue weighted by atomic mass is 15.3. The first-order valence-electron chi connectivity index (χ1n) is 8.20. The van der Waals surface area contributed by atoms with E-state index in [0.29, 0.717) is 17.8 Å². The van der Waals surface area contributed by atoms with Crippen LogP contribution in [-0.2, 0) is 6.54 Å². The fourth-order valence-corrected chi connectivity index (χ4v) is 2.63. The molecule has 0 aromatic carbocycles. The van der Waals surface area contributed by atoms with E-state index < -0.39 is 0 Å². The lowest BCUT2D eigenvalue weighted by atomic mass is 10.2. The van der Waals surface area contributed by atoms with Gasteiger partial charge in [0.1, 0.15) is 11.6 Å². The molecule has 1 saturated carbocycles. The fraction of sp³-hybridized carbons (Fsp3) is 0.588. The van der Waals surface area contributed by atoms with E-state index in [9.17, 15) is 0 Å². The summed E-state index contributed by atoms with van der Waals surface area (Å²) in [5.74, 6) is 3.29. The molecular weight excluding hydrogens is 274 g/mol. The maximum Gasteiger partial charge on any atom is 0.134 e. The summed E-state index contributed by atoms with van der Waals surface area (Å²) in [7, 11) is 0. The second-order valence-corrected chi connectivity index (χ2v) is 6.87. The molecule has 1 N–H and O–H groups in total. The Kier molecular flexibility index (Phi) is 4.14. The quantitative estimate of drug-likeness (QED) is 0.873. The van der Waals surface area contributed by atoms with Gasteiger partial charge < -0.3 is 5.32 Å². The summed E-state index contributed by atoms with van der Waals surface area (Å²) in [5, 5.41) is 8.03. The Balaban J connectivity index is 1.86. The van der Waals surface area contributed by atoms with Crippen molar-refractivity contribution in [3.63, 3.8) is 0 Å². The van der Waals surface area contributed by atoms with E-state index >= 15 is 0 Å². The van der Waals surface area contributed by atoms with Gasteiger partial charge in [0.25, 0.3) is 0 Å². The Morgan fingerprint density at radius 1 is 1.27 bits per heavy atom. The minimum Gasteiger partial charge on any atom is -0.337 e. The van der Waals surface area contributed by atoms with Crippen LogP contribution in [0.15, 0.2) is 18.5 Å². The molecule has 5 nitrogen and oxygen atoms in total. The molecule has 0 unspecified atom stereocenters. The Bertz CT molecular complexity index is 640. The number of hydrogen-bond donors (Lipinski definition) is 1. The van der Waals surface area contributed by atoms with E-state index in [1.165, 1.54) is 18.5 Å². The largest absolute Gasteiger partial charge is 0.337 e. The summed E-state index contributed by atoms with van der Waals surface area (Å²) in [4.78, 5) is 8.92. The molecular formula is C17H25N5. The zero-order valence-electron chi connectivity index (χ0n) is 13.9.